The third-order valence-corrected chi connectivity index (χ3v) is 6.40. The standard InChI is InChI=1S/C28H33N3O5/c1-17-12-21-23(15-28(2,3)16-24(21)33)31(17)19-7-8-20(27(29)34)22(14-19)30-18-6-9-25(35-4)26(13-18)36-11-5-10-32/h6-9,12-14,30,32H,5,10-11,15-16H2,1-4H3,(H2,29,34). The summed E-state index contributed by atoms with van der Waals surface area (Å²) < 4.78 is 13.2. The number of carbonyl (C=O) groups is 2. The number of fused-ring (bicyclic) bond motifs is 1. The number of hydrogen-bond acceptors (Lipinski definition) is 6. The van der Waals surface area contributed by atoms with E-state index >= 15 is 0 Å². The molecular formula is C28H33N3O5. The monoisotopic (exact) mass is 491 g/mol. The Labute approximate surface area is 211 Å². The van der Waals surface area contributed by atoms with Gasteiger partial charge < -0.3 is 30.2 Å². The number of aryl methyl sites for hydroxylation is 1. The van der Waals surface area contributed by atoms with E-state index in [2.05, 4.69) is 23.7 Å². The topological polar surface area (TPSA) is 116 Å². The molecule has 0 saturated carbocycles. The van der Waals surface area contributed by atoms with Gasteiger partial charge in [0.1, 0.15) is 0 Å². The van der Waals surface area contributed by atoms with Gasteiger partial charge in [-0.05, 0) is 55.2 Å². The summed E-state index contributed by atoms with van der Waals surface area (Å²) >= 11 is 0. The summed E-state index contributed by atoms with van der Waals surface area (Å²) in [5.41, 5.74) is 10.6. The van der Waals surface area contributed by atoms with Crippen molar-refractivity contribution in [3.8, 4) is 17.2 Å². The van der Waals surface area contributed by atoms with E-state index in [1.54, 1.807) is 25.3 Å². The second-order valence-electron chi connectivity index (χ2n) is 9.93. The van der Waals surface area contributed by atoms with Gasteiger partial charge in [-0.2, -0.15) is 0 Å². The van der Waals surface area contributed by atoms with Crippen molar-refractivity contribution in [2.45, 2.75) is 40.0 Å². The van der Waals surface area contributed by atoms with E-state index in [-0.39, 0.29) is 17.8 Å². The molecule has 1 aromatic heterocycles. The van der Waals surface area contributed by atoms with Crippen LogP contribution in [-0.4, -0.2) is 41.7 Å². The van der Waals surface area contributed by atoms with E-state index in [1.165, 1.54) is 0 Å². The zero-order valence-corrected chi connectivity index (χ0v) is 21.2. The second-order valence-corrected chi connectivity index (χ2v) is 9.93. The first-order valence-corrected chi connectivity index (χ1v) is 12.0. The Morgan fingerprint density at radius 3 is 2.61 bits per heavy atom. The fourth-order valence-corrected chi connectivity index (χ4v) is 4.77. The molecule has 0 radical (unpaired) electrons. The van der Waals surface area contributed by atoms with E-state index in [9.17, 15) is 9.59 Å². The number of rotatable bonds is 9. The summed E-state index contributed by atoms with van der Waals surface area (Å²) in [5, 5.41) is 12.4. The predicted molar refractivity (Wildman–Crippen MR) is 139 cm³/mol. The van der Waals surface area contributed by atoms with E-state index < -0.39 is 5.91 Å². The number of hydrogen-bond donors (Lipinski definition) is 3. The minimum atomic E-state index is -0.556. The smallest absolute Gasteiger partial charge is 0.250 e. The van der Waals surface area contributed by atoms with Crippen molar-refractivity contribution < 1.29 is 24.2 Å². The van der Waals surface area contributed by atoms with Crippen molar-refractivity contribution in [3.63, 3.8) is 0 Å². The molecule has 4 N–H and O–H groups in total. The molecule has 1 amide bonds. The number of anilines is 2. The molecule has 36 heavy (non-hydrogen) atoms. The second kappa shape index (κ2) is 10.1. The summed E-state index contributed by atoms with van der Waals surface area (Å²) in [6.45, 7) is 6.56. The Morgan fingerprint density at radius 2 is 1.92 bits per heavy atom. The molecule has 8 nitrogen and oxygen atoms in total. The summed E-state index contributed by atoms with van der Waals surface area (Å²) in [7, 11) is 1.56. The molecule has 1 aliphatic rings. The van der Waals surface area contributed by atoms with Crippen LogP contribution in [0.5, 0.6) is 11.5 Å². The molecule has 8 heteroatoms. The number of carbonyl (C=O) groups excluding carboxylic acids is 2. The lowest BCUT2D eigenvalue weighted by Gasteiger charge is -2.30. The van der Waals surface area contributed by atoms with E-state index in [0.717, 1.165) is 29.1 Å². The predicted octanol–water partition coefficient (Wildman–Crippen LogP) is 4.55. The number of nitrogens with one attached hydrogen (secondary N) is 1. The maximum atomic E-state index is 12.8. The van der Waals surface area contributed by atoms with Crippen molar-refractivity contribution in [1.82, 2.24) is 4.57 Å². The molecule has 0 atom stereocenters. The highest BCUT2D eigenvalue weighted by Gasteiger charge is 2.34. The molecule has 4 rings (SSSR count). The largest absolute Gasteiger partial charge is 0.493 e. The maximum absolute atomic E-state index is 12.8. The Hall–Kier alpha value is -3.78. The Bertz CT molecular complexity index is 1310. The fraction of sp³-hybridized carbons (Fsp3) is 0.357. The number of nitrogens with zero attached hydrogens (tertiary/aromatic N) is 1. The molecule has 3 aromatic rings. The number of primary amides is 1. The lowest BCUT2D eigenvalue weighted by atomic mass is 9.76. The van der Waals surface area contributed by atoms with Crippen LogP contribution >= 0.6 is 0 Å². The number of ether oxygens (including phenoxy) is 2. The Morgan fingerprint density at radius 1 is 1.14 bits per heavy atom. The van der Waals surface area contributed by atoms with Crippen LogP contribution in [0, 0.1) is 12.3 Å². The quantitative estimate of drug-likeness (QED) is 0.378. The van der Waals surface area contributed by atoms with Crippen LogP contribution in [0.15, 0.2) is 42.5 Å². The molecule has 0 bridgehead atoms. The first kappa shape index (κ1) is 25.3. The minimum Gasteiger partial charge on any atom is -0.493 e. The lowest BCUT2D eigenvalue weighted by Crippen LogP contribution is -2.27. The zero-order valence-electron chi connectivity index (χ0n) is 21.2. The minimum absolute atomic E-state index is 0.0281. The van der Waals surface area contributed by atoms with Crippen LogP contribution in [0.25, 0.3) is 5.69 Å². The molecule has 0 spiro atoms. The first-order chi connectivity index (χ1) is 17.1. The van der Waals surface area contributed by atoms with Crippen molar-refractivity contribution >= 4 is 23.1 Å². The Kier molecular flexibility index (Phi) is 7.08. The van der Waals surface area contributed by atoms with Gasteiger partial charge in [0.15, 0.2) is 17.3 Å². The van der Waals surface area contributed by atoms with Gasteiger partial charge in [0.05, 0.1) is 25.0 Å². The maximum Gasteiger partial charge on any atom is 0.250 e. The summed E-state index contributed by atoms with van der Waals surface area (Å²) in [6, 6.07) is 12.7. The van der Waals surface area contributed by atoms with Crippen LogP contribution < -0.4 is 20.5 Å². The van der Waals surface area contributed by atoms with Gasteiger partial charge in [-0.15, -0.1) is 0 Å². The van der Waals surface area contributed by atoms with Gasteiger partial charge in [0.25, 0.3) is 5.91 Å². The third kappa shape index (κ3) is 5.09. The summed E-state index contributed by atoms with van der Waals surface area (Å²) in [6.07, 6.45) is 1.79. The molecular weight excluding hydrogens is 458 g/mol. The summed E-state index contributed by atoms with van der Waals surface area (Å²) in [5.74, 6) is 0.676. The van der Waals surface area contributed by atoms with Crippen molar-refractivity contribution in [3.05, 3.63) is 65.0 Å². The van der Waals surface area contributed by atoms with Gasteiger partial charge in [-0.1, -0.05) is 13.8 Å². The van der Waals surface area contributed by atoms with Crippen LogP contribution in [0.4, 0.5) is 11.4 Å². The molecule has 190 valence electrons. The average molecular weight is 492 g/mol. The third-order valence-electron chi connectivity index (χ3n) is 6.40. The van der Waals surface area contributed by atoms with Crippen LogP contribution in [0.3, 0.4) is 0 Å². The molecule has 1 aliphatic carbocycles. The normalized spacial score (nSPS) is 14.3. The van der Waals surface area contributed by atoms with Crippen LogP contribution in [0.1, 0.15) is 58.8 Å². The van der Waals surface area contributed by atoms with Gasteiger partial charge in [0, 0.05) is 53.8 Å². The van der Waals surface area contributed by atoms with E-state index in [4.69, 9.17) is 20.3 Å². The fourth-order valence-electron chi connectivity index (χ4n) is 4.77. The average Bonchev–Trinajstić information content (AvgIpc) is 3.14. The molecule has 0 saturated heterocycles. The molecule has 1 heterocycles. The molecule has 0 aliphatic heterocycles. The number of aliphatic hydroxyl groups excluding tert-OH is 1. The SMILES string of the molecule is COc1ccc(Nc2cc(-n3c(C)cc4c3CC(C)(C)CC4=O)ccc2C(N)=O)cc1OCCCO. The number of ketones is 1. The number of aromatic nitrogens is 1. The van der Waals surface area contributed by atoms with Gasteiger partial charge in [-0.25, -0.2) is 0 Å². The lowest BCUT2D eigenvalue weighted by molar-refractivity contribution is 0.0910. The number of benzene rings is 2. The highest BCUT2D eigenvalue weighted by molar-refractivity contribution is 6.00. The van der Waals surface area contributed by atoms with Crippen molar-refractivity contribution in [2.75, 3.05) is 25.6 Å². The summed E-state index contributed by atoms with van der Waals surface area (Å²) in [4.78, 5) is 25.0. The number of amides is 1. The first-order valence-electron chi connectivity index (χ1n) is 12.0. The van der Waals surface area contributed by atoms with E-state index in [0.29, 0.717) is 47.9 Å². The molecule has 0 fully saturated rings. The highest BCUT2D eigenvalue weighted by Crippen LogP contribution is 2.38. The van der Waals surface area contributed by atoms with Crippen LogP contribution in [-0.2, 0) is 6.42 Å². The number of methoxy groups -OCH3 is 1. The zero-order chi connectivity index (χ0) is 26.0. The van der Waals surface area contributed by atoms with Gasteiger partial charge in [-0.3, -0.25) is 9.59 Å². The number of Topliss-reactive ketones (excluding diaryl/α,β-unsaturated/α-hetero) is 1. The van der Waals surface area contributed by atoms with Gasteiger partial charge in [0.2, 0.25) is 0 Å². The highest BCUT2D eigenvalue weighted by atomic mass is 16.5. The van der Waals surface area contributed by atoms with Crippen LogP contribution in [0.2, 0.25) is 0 Å². The van der Waals surface area contributed by atoms with E-state index in [1.807, 2.05) is 31.2 Å². The van der Waals surface area contributed by atoms with Gasteiger partial charge >= 0.3 is 0 Å². The van der Waals surface area contributed by atoms with Crippen molar-refractivity contribution in [1.29, 1.82) is 0 Å². The number of nitrogens with two attached hydrogens (primary N) is 1. The Balaban J connectivity index is 1.74. The number of aliphatic hydroxyl groups is 1. The van der Waals surface area contributed by atoms with Crippen molar-refractivity contribution in [2.24, 2.45) is 11.1 Å². The molecule has 2 aromatic carbocycles. The molecule has 0 unspecified atom stereocenters.